The van der Waals surface area contributed by atoms with Crippen LogP contribution < -0.4 is 14.9 Å². The standard InChI is InChI=1S/C33H28FN3O3S/c1-5-40-32(39)27-20(4)35-33-37(30(27)22-11-13-23(34)14-12-22)31(38)26(41-33)17-25-24-16-18(2)15-19(3)28(24)36-29(25)21-9-7-6-8-10-21/h6-17,30,36H,5H2,1-4H3/b26-17-/t30-/m1/s1. The first-order valence-electron chi connectivity index (χ1n) is 13.4. The van der Waals surface area contributed by atoms with E-state index in [1.807, 2.05) is 36.4 Å². The summed E-state index contributed by atoms with van der Waals surface area (Å²) in [4.78, 5) is 36.0. The topological polar surface area (TPSA) is 76.4 Å². The van der Waals surface area contributed by atoms with Crippen molar-refractivity contribution in [3.8, 4) is 11.3 Å². The molecule has 0 saturated heterocycles. The fourth-order valence-electron chi connectivity index (χ4n) is 5.54. The number of nitrogens with one attached hydrogen (secondary N) is 1. The van der Waals surface area contributed by atoms with Gasteiger partial charge in [0.05, 0.1) is 34.1 Å². The molecule has 206 valence electrons. The zero-order chi connectivity index (χ0) is 28.8. The molecule has 1 aliphatic heterocycles. The smallest absolute Gasteiger partial charge is 0.338 e. The maximum Gasteiger partial charge on any atom is 0.338 e. The van der Waals surface area contributed by atoms with Gasteiger partial charge in [-0.3, -0.25) is 9.36 Å². The highest BCUT2D eigenvalue weighted by Crippen LogP contribution is 2.34. The Morgan fingerprint density at radius 1 is 1.10 bits per heavy atom. The van der Waals surface area contributed by atoms with Crippen LogP contribution in [0.1, 0.15) is 42.1 Å². The van der Waals surface area contributed by atoms with Crippen LogP contribution in [-0.4, -0.2) is 22.1 Å². The van der Waals surface area contributed by atoms with E-state index in [9.17, 15) is 14.0 Å². The lowest BCUT2D eigenvalue weighted by Gasteiger charge is -2.24. The molecule has 0 amide bonds. The van der Waals surface area contributed by atoms with Crippen LogP contribution >= 0.6 is 11.3 Å². The number of halogens is 1. The molecule has 1 atom stereocenters. The molecule has 0 aliphatic carbocycles. The molecular formula is C33H28FN3O3S. The SMILES string of the molecule is CCOC(=O)C1=C(C)N=c2s/c(=C\c3c(-c4ccccc4)[nH]c4c(C)cc(C)cc34)c(=O)n2[C@@H]1c1ccc(F)cc1. The molecule has 0 bridgehead atoms. The normalized spacial score (nSPS) is 15.2. The summed E-state index contributed by atoms with van der Waals surface area (Å²) in [5, 5.41) is 1.02. The highest BCUT2D eigenvalue weighted by atomic mass is 32.1. The number of benzene rings is 3. The van der Waals surface area contributed by atoms with Gasteiger partial charge in [-0.1, -0.05) is 65.4 Å². The number of thiazole rings is 1. The predicted octanol–water partition coefficient (Wildman–Crippen LogP) is 5.70. The minimum absolute atomic E-state index is 0.178. The van der Waals surface area contributed by atoms with Crippen molar-refractivity contribution in [3.63, 3.8) is 0 Å². The molecule has 2 aromatic heterocycles. The summed E-state index contributed by atoms with van der Waals surface area (Å²) in [6.45, 7) is 7.77. The molecule has 8 heteroatoms. The van der Waals surface area contributed by atoms with Gasteiger partial charge in [0, 0.05) is 16.5 Å². The number of allylic oxidation sites excluding steroid dienone is 1. The van der Waals surface area contributed by atoms with E-state index in [0.717, 1.165) is 38.9 Å². The summed E-state index contributed by atoms with van der Waals surface area (Å²) in [5.74, 6) is -0.954. The number of esters is 1. The second kappa shape index (κ2) is 10.4. The lowest BCUT2D eigenvalue weighted by atomic mass is 9.96. The van der Waals surface area contributed by atoms with Crippen molar-refractivity contribution in [2.75, 3.05) is 6.61 Å². The van der Waals surface area contributed by atoms with Crippen LogP contribution in [0.3, 0.4) is 0 Å². The molecular weight excluding hydrogens is 537 g/mol. The zero-order valence-corrected chi connectivity index (χ0v) is 23.9. The number of rotatable bonds is 5. The molecule has 6 nitrogen and oxygen atoms in total. The second-order valence-corrected chi connectivity index (χ2v) is 11.1. The molecule has 0 spiro atoms. The van der Waals surface area contributed by atoms with Crippen LogP contribution in [0.25, 0.3) is 28.2 Å². The fraction of sp³-hybridized carbons (Fsp3) is 0.182. The van der Waals surface area contributed by atoms with Gasteiger partial charge in [0.1, 0.15) is 5.82 Å². The molecule has 3 aromatic carbocycles. The van der Waals surface area contributed by atoms with E-state index in [2.05, 4.69) is 36.0 Å². The first-order chi connectivity index (χ1) is 19.8. The van der Waals surface area contributed by atoms with Gasteiger partial charge >= 0.3 is 5.97 Å². The highest BCUT2D eigenvalue weighted by molar-refractivity contribution is 7.07. The summed E-state index contributed by atoms with van der Waals surface area (Å²) in [6.07, 6.45) is 1.91. The summed E-state index contributed by atoms with van der Waals surface area (Å²) in [7, 11) is 0. The van der Waals surface area contributed by atoms with E-state index in [4.69, 9.17) is 4.74 Å². The van der Waals surface area contributed by atoms with Crippen LogP contribution in [0.5, 0.6) is 0 Å². The number of carbonyl (C=O) groups is 1. The quantitative estimate of drug-likeness (QED) is 0.278. The summed E-state index contributed by atoms with van der Waals surface area (Å²) >= 11 is 1.27. The van der Waals surface area contributed by atoms with Crippen LogP contribution in [0.2, 0.25) is 0 Å². The van der Waals surface area contributed by atoms with E-state index >= 15 is 0 Å². The Hall–Kier alpha value is -4.56. The van der Waals surface area contributed by atoms with Crippen LogP contribution in [0.4, 0.5) is 4.39 Å². The Bertz CT molecular complexity index is 2030. The van der Waals surface area contributed by atoms with Crippen molar-refractivity contribution < 1.29 is 13.9 Å². The number of ether oxygens (including phenoxy) is 1. The van der Waals surface area contributed by atoms with Gasteiger partial charge in [-0.25, -0.2) is 14.2 Å². The number of aryl methyl sites for hydroxylation is 2. The Kier molecular flexibility index (Phi) is 6.79. The van der Waals surface area contributed by atoms with Gasteiger partial charge in [-0.15, -0.1) is 0 Å². The third-order valence-electron chi connectivity index (χ3n) is 7.33. The van der Waals surface area contributed by atoms with E-state index in [-0.39, 0.29) is 17.7 Å². The molecule has 0 fully saturated rings. The van der Waals surface area contributed by atoms with Gasteiger partial charge in [-0.05, 0) is 68.7 Å². The van der Waals surface area contributed by atoms with Gasteiger partial charge in [-0.2, -0.15) is 0 Å². The van der Waals surface area contributed by atoms with Crippen molar-refractivity contribution in [1.82, 2.24) is 9.55 Å². The van der Waals surface area contributed by atoms with Crippen molar-refractivity contribution in [2.24, 2.45) is 4.99 Å². The number of aromatic amines is 1. The van der Waals surface area contributed by atoms with Gasteiger partial charge < -0.3 is 9.72 Å². The molecule has 6 rings (SSSR count). The molecule has 3 heterocycles. The van der Waals surface area contributed by atoms with Crippen molar-refractivity contribution in [2.45, 2.75) is 33.7 Å². The number of aromatic nitrogens is 2. The number of carbonyl (C=O) groups excluding carboxylic acids is 1. The van der Waals surface area contributed by atoms with E-state index in [1.165, 1.54) is 28.0 Å². The lowest BCUT2D eigenvalue weighted by Crippen LogP contribution is -2.39. The number of hydrogen-bond acceptors (Lipinski definition) is 5. The van der Waals surface area contributed by atoms with Crippen molar-refractivity contribution in [1.29, 1.82) is 0 Å². The zero-order valence-electron chi connectivity index (χ0n) is 23.1. The Morgan fingerprint density at radius 3 is 2.54 bits per heavy atom. The van der Waals surface area contributed by atoms with Gasteiger partial charge in [0.2, 0.25) is 0 Å². The minimum atomic E-state index is -0.797. The lowest BCUT2D eigenvalue weighted by molar-refractivity contribution is -0.139. The Morgan fingerprint density at radius 2 is 1.83 bits per heavy atom. The summed E-state index contributed by atoms with van der Waals surface area (Å²) in [6, 6.07) is 19.3. The van der Waals surface area contributed by atoms with Crippen LogP contribution in [0, 0.1) is 19.7 Å². The number of H-pyrrole nitrogens is 1. The van der Waals surface area contributed by atoms with Gasteiger partial charge in [0.25, 0.3) is 5.56 Å². The third kappa shape index (κ3) is 4.64. The average Bonchev–Trinajstić information content (AvgIpc) is 3.46. The Labute approximate surface area is 239 Å². The van der Waals surface area contributed by atoms with Crippen molar-refractivity contribution >= 4 is 34.3 Å². The number of hydrogen-bond donors (Lipinski definition) is 1. The van der Waals surface area contributed by atoms with Crippen LogP contribution in [-0.2, 0) is 9.53 Å². The number of fused-ring (bicyclic) bond motifs is 2. The molecule has 0 radical (unpaired) electrons. The Balaban J connectivity index is 1.63. The monoisotopic (exact) mass is 565 g/mol. The second-order valence-electron chi connectivity index (χ2n) is 10.1. The molecule has 0 unspecified atom stereocenters. The third-order valence-corrected chi connectivity index (χ3v) is 8.31. The van der Waals surface area contributed by atoms with Gasteiger partial charge in [0.15, 0.2) is 4.80 Å². The minimum Gasteiger partial charge on any atom is -0.463 e. The van der Waals surface area contributed by atoms with Crippen molar-refractivity contribution in [3.05, 3.63) is 126 Å². The summed E-state index contributed by atoms with van der Waals surface area (Å²) in [5.41, 5.74) is 7.12. The first kappa shape index (κ1) is 26.7. The first-order valence-corrected chi connectivity index (χ1v) is 14.2. The molecule has 0 saturated carbocycles. The average molecular weight is 566 g/mol. The summed E-state index contributed by atoms with van der Waals surface area (Å²) < 4.78 is 21.2. The molecule has 1 N–H and O–H groups in total. The highest BCUT2D eigenvalue weighted by Gasteiger charge is 2.33. The molecule has 41 heavy (non-hydrogen) atoms. The predicted molar refractivity (Wildman–Crippen MR) is 160 cm³/mol. The maximum absolute atomic E-state index is 14.2. The largest absolute Gasteiger partial charge is 0.463 e. The fourth-order valence-corrected chi connectivity index (χ4v) is 6.57. The van der Waals surface area contributed by atoms with E-state index in [0.29, 0.717) is 20.6 Å². The maximum atomic E-state index is 14.2. The number of nitrogens with zero attached hydrogens (tertiary/aromatic N) is 2. The van der Waals surface area contributed by atoms with Crippen LogP contribution in [0.15, 0.2) is 87.8 Å². The van der Waals surface area contributed by atoms with E-state index in [1.54, 1.807) is 26.0 Å². The molecule has 1 aliphatic rings. The van der Waals surface area contributed by atoms with E-state index < -0.39 is 17.8 Å². The molecule has 5 aromatic rings.